The molecule has 1 heterocycles. The molecule has 0 saturated carbocycles. The second-order valence-electron chi connectivity index (χ2n) is 4.43. The number of benzene rings is 1. The molecule has 0 saturated heterocycles. The van der Waals surface area contributed by atoms with Gasteiger partial charge in [0, 0.05) is 18.1 Å². The van der Waals surface area contributed by atoms with Gasteiger partial charge in [0.25, 0.3) is 0 Å². The summed E-state index contributed by atoms with van der Waals surface area (Å²) in [4.78, 5) is 6.64. The third-order valence-electron chi connectivity index (χ3n) is 2.84. The Labute approximate surface area is 107 Å². The Bertz CT molecular complexity index is 425. The maximum Gasteiger partial charge on any atom is 0.107 e. The van der Waals surface area contributed by atoms with Crippen molar-refractivity contribution in [1.29, 1.82) is 0 Å². The van der Waals surface area contributed by atoms with Crippen LogP contribution in [0.25, 0.3) is 0 Å². The Morgan fingerprint density at radius 3 is 2.71 bits per heavy atom. The van der Waals surface area contributed by atoms with Gasteiger partial charge in [-0.1, -0.05) is 37.3 Å². The number of likely N-dealkylation sites (N-methyl/N-ethyl adjacent to an activating group) is 1. The van der Waals surface area contributed by atoms with Crippen LogP contribution in [0.2, 0.25) is 0 Å². The average Bonchev–Trinajstić information content (AvgIpc) is 2.82. The number of hydrogen-bond acceptors (Lipinski definition) is 3. The Balaban J connectivity index is 1.88. The molecule has 0 N–H and O–H groups in total. The van der Waals surface area contributed by atoms with E-state index in [4.69, 9.17) is 0 Å². The van der Waals surface area contributed by atoms with Gasteiger partial charge in [0.1, 0.15) is 5.01 Å². The van der Waals surface area contributed by atoms with E-state index in [1.54, 1.807) is 11.3 Å². The van der Waals surface area contributed by atoms with Crippen molar-refractivity contribution in [2.75, 3.05) is 13.6 Å². The molecule has 90 valence electrons. The predicted molar refractivity (Wildman–Crippen MR) is 73.3 cm³/mol. The molecule has 1 aromatic heterocycles. The first-order valence-electron chi connectivity index (χ1n) is 5.87. The van der Waals surface area contributed by atoms with E-state index in [0.29, 0.717) is 5.92 Å². The van der Waals surface area contributed by atoms with E-state index in [1.807, 2.05) is 11.6 Å². The predicted octanol–water partition coefficient (Wildman–Crippen LogP) is 3.38. The summed E-state index contributed by atoms with van der Waals surface area (Å²) in [5.41, 5.74) is 1.40. The molecule has 0 radical (unpaired) electrons. The summed E-state index contributed by atoms with van der Waals surface area (Å²) in [5, 5.41) is 3.22. The van der Waals surface area contributed by atoms with E-state index in [9.17, 15) is 0 Å². The second kappa shape index (κ2) is 5.94. The summed E-state index contributed by atoms with van der Waals surface area (Å²) in [6, 6.07) is 10.7. The van der Waals surface area contributed by atoms with Gasteiger partial charge in [0.05, 0.1) is 6.54 Å². The van der Waals surface area contributed by atoms with Crippen LogP contribution in [0.15, 0.2) is 41.9 Å². The highest BCUT2D eigenvalue weighted by Gasteiger charge is 2.09. The van der Waals surface area contributed by atoms with Crippen molar-refractivity contribution in [2.45, 2.75) is 19.4 Å². The van der Waals surface area contributed by atoms with Gasteiger partial charge >= 0.3 is 0 Å². The lowest BCUT2D eigenvalue weighted by Crippen LogP contribution is -2.23. The van der Waals surface area contributed by atoms with Gasteiger partial charge in [-0.3, -0.25) is 4.90 Å². The lowest BCUT2D eigenvalue weighted by atomic mass is 10.0. The third-order valence-corrected chi connectivity index (χ3v) is 3.61. The minimum absolute atomic E-state index is 0.557. The van der Waals surface area contributed by atoms with Crippen molar-refractivity contribution in [3.05, 3.63) is 52.5 Å². The maximum atomic E-state index is 4.31. The molecule has 2 aromatic rings. The summed E-state index contributed by atoms with van der Waals surface area (Å²) in [5.74, 6) is 0.557. The topological polar surface area (TPSA) is 16.1 Å². The molecule has 2 rings (SSSR count). The zero-order chi connectivity index (χ0) is 12.1. The van der Waals surface area contributed by atoms with Crippen LogP contribution in [0.1, 0.15) is 23.4 Å². The van der Waals surface area contributed by atoms with Crippen molar-refractivity contribution in [3.63, 3.8) is 0 Å². The van der Waals surface area contributed by atoms with E-state index in [1.165, 1.54) is 10.6 Å². The molecule has 0 bridgehead atoms. The standard InChI is InChI=1S/C14H18N2S/c1-12(13-6-4-3-5-7-13)10-16(2)11-14-15-8-9-17-14/h3-9,12H,10-11H2,1-2H3/t12-/m0/s1. The Kier molecular flexibility index (Phi) is 4.29. The highest BCUT2D eigenvalue weighted by Crippen LogP contribution is 2.16. The lowest BCUT2D eigenvalue weighted by molar-refractivity contribution is 0.309. The van der Waals surface area contributed by atoms with Gasteiger partial charge in [0.2, 0.25) is 0 Å². The molecule has 0 fully saturated rings. The molecular formula is C14H18N2S. The summed E-state index contributed by atoms with van der Waals surface area (Å²) in [6.45, 7) is 4.27. The molecular weight excluding hydrogens is 228 g/mol. The van der Waals surface area contributed by atoms with Crippen LogP contribution < -0.4 is 0 Å². The zero-order valence-electron chi connectivity index (χ0n) is 10.3. The van der Waals surface area contributed by atoms with E-state index >= 15 is 0 Å². The summed E-state index contributed by atoms with van der Waals surface area (Å²) < 4.78 is 0. The molecule has 0 aliphatic heterocycles. The molecule has 17 heavy (non-hydrogen) atoms. The number of aromatic nitrogens is 1. The number of thiazole rings is 1. The summed E-state index contributed by atoms with van der Waals surface area (Å²) in [6.07, 6.45) is 1.87. The zero-order valence-corrected chi connectivity index (χ0v) is 11.2. The fourth-order valence-electron chi connectivity index (χ4n) is 1.98. The van der Waals surface area contributed by atoms with E-state index in [2.05, 4.69) is 54.2 Å². The molecule has 3 heteroatoms. The van der Waals surface area contributed by atoms with Crippen LogP contribution in [0.5, 0.6) is 0 Å². The van der Waals surface area contributed by atoms with E-state index < -0.39 is 0 Å². The monoisotopic (exact) mass is 246 g/mol. The maximum absolute atomic E-state index is 4.31. The van der Waals surface area contributed by atoms with Gasteiger partial charge in [-0.2, -0.15) is 0 Å². The third kappa shape index (κ3) is 3.65. The molecule has 0 spiro atoms. The Hall–Kier alpha value is -1.19. The molecule has 0 aliphatic rings. The van der Waals surface area contributed by atoms with Crippen molar-refractivity contribution in [3.8, 4) is 0 Å². The largest absolute Gasteiger partial charge is 0.299 e. The molecule has 2 nitrogen and oxygen atoms in total. The van der Waals surface area contributed by atoms with Crippen LogP contribution in [-0.2, 0) is 6.54 Å². The van der Waals surface area contributed by atoms with Crippen LogP contribution in [0.4, 0.5) is 0 Å². The minimum Gasteiger partial charge on any atom is -0.299 e. The van der Waals surface area contributed by atoms with E-state index in [0.717, 1.165) is 13.1 Å². The quantitative estimate of drug-likeness (QED) is 0.804. The van der Waals surface area contributed by atoms with Crippen LogP contribution in [-0.4, -0.2) is 23.5 Å². The van der Waals surface area contributed by atoms with Crippen molar-refractivity contribution in [1.82, 2.24) is 9.88 Å². The molecule has 0 aliphatic carbocycles. The first kappa shape index (κ1) is 12.3. The van der Waals surface area contributed by atoms with Gasteiger partial charge in [0.15, 0.2) is 0 Å². The lowest BCUT2D eigenvalue weighted by Gasteiger charge is -2.20. The molecule has 0 amide bonds. The van der Waals surface area contributed by atoms with Gasteiger partial charge in [-0.25, -0.2) is 4.98 Å². The SMILES string of the molecule is C[C@@H](CN(C)Cc1nccs1)c1ccccc1. The van der Waals surface area contributed by atoms with E-state index in [-0.39, 0.29) is 0 Å². The van der Waals surface area contributed by atoms with Crippen LogP contribution in [0.3, 0.4) is 0 Å². The van der Waals surface area contributed by atoms with Crippen molar-refractivity contribution < 1.29 is 0 Å². The van der Waals surface area contributed by atoms with Crippen molar-refractivity contribution in [2.24, 2.45) is 0 Å². The van der Waals surface area contributed by atoms with Gasteiger partial charge < -0.3 is 0 Å². The van der Waals surface area contributed by atoms with Gasteiger partial charge in [-0.15, -0.1) is 11.3 Å². The minimum atomic E-state index is 0.557. The van der Waals surface area contributed by atoms with Gasteiger partial charge in [-0.05, 0) is 18.5 Å². The Morgan fingerprint density at radius 1 is 1.29 bits per heavy atom. The average molecular weight is 246 g/mol. The number of rotatable bonds is 5. The highest BCUT2D eigenvalue weighted by molar-refractivity contribution is 7.09. The molecule has 1 atom stereocenters. The van der Waals surface area contributed by atoms with Crippen molar-refractivity contribution >= 4 is 11.3 Å². The summed E-state index contributed by atoms with van der Waals surface area (Å²) in [7, 11) is 2.15. The number of hydrogen-bond donors (Lipinski definition) is 0. The first-order valence-corrected chi connectivity index (χ1v) is 6.75. The van der Waals surface area contributed by atoms with Crippen LogP contribution >= 0.6 is 11.3 Å². The fourth-order valence-corrected chi connectivity index (χ4v) is 2.68. The normalized spacial score (nSPS) is 12.9. The van der Waals surface area contributed by atoms with Crippen LogP contribution in [0, 0.1) is 0 Å². The number of nitrogens with zero attached hydrogens (tertiary/aromatic N) is 2. The molecule has 1 aromatic carbocycles. The second-order valence-corrected chi connectivity index (χ2v) is 5.41. The smallest absolute Gasteiger partial charge is 0.107 e. The Morgan fingerprint density at radius 2 is 2.06 bits per heavy atom. The summed E-state index contributed by atoms with van der Waals surface area (Å²) >= 11 is 1.72. The first-order chi connectivity index (χ1) is 8.25. The fraction of sp³-hybridized carbons (Fsp3) is 0.357. The highest BCUT2D eigenvalue weighted by atomic mass is 32.1. The molecule has 0 unspecified atom stereocenters.